The molecule has 3 rings (SSSR count). The Balaban J connectivity index is 1.30. The first-order valence-corrected chi connectivity index (χ1v) is 11.1. The molecule has 27 heavy (non-hydrogen) atoms. The monoisotopic (exact) mass is 380 g/mol. The van der Waals surface area contributed by atoms with Crippen LogP contribution in [0.1, 0.15) is 51.4 Å². The fourth-order valence-corrected chi connectivity index (χ4v) is 4.49. The molecular formula is C21H40N4O2. The largest absolute Gasteiger partial charge is 0.376 e. The Morgan fingerprint density at radius 2 is 1.85 bits per heavy atom. The van der Waals surface area contributed by atoms with Gasteiger partial charge in [0.05, 0.1) is 18.8 Å². The first kappa shape index (κ1) is 20.9. The number of nitrogens with one attached hydrogen (secondary N) is 1. The lowest BCUT2D eigenvalue weighted by atomic mass is 9.94. The fraction of sp³-hybridized carbons (Fsp3) is 0.952. The summed E-state index contributed by atoms with van der Waals surface area (Å²) in [5, 5.41) is 3.60. The van der Waals surface area contributed by atoms with Crippen LogP contribution >= 0.6 is 0 Å². The minimum atomic E-state index is 0.325. The van der Waals surface area contributed by atoms with Gasteiger partial charge in [0.15, 0.2) is 5.96 Å². The molecule has 1 unspecified atom stereocenters. The van der Waals surface area contributed by atoms with E-state index in [1.165, 1.54) is 45.2 Å². The van der Waals surface area contributed by atoms with Crippen molar-refractivity contribution in [2.75, 3.05) is 60.0 Å². The lowest BCUT2D eigenvalue weighted by molar-refractivity contribution is -0.0721. The van der Waals surface area contributed by atoms with E-state index in [1.807, 2.05) is 7.05 Å². The molecule has 0 aliphatic carbocycles. The topological polar surface area (TPSA) is 49.3 Å². The van der Waals surface area contributed by atoms with Gasteiger partial charge in [-0.25, -0.2) is 0 Å². The van der Waals surface area contributed by atoms with Crippen LogP contribution in [-0.2, 0) is 9.47 Å². The molecule has 6 nitrogen and oxygen atoms in total. The molecule has 3 aliphatic heterocycles. The Kier molecular flexibility index (Phi) is 8.68. The number of guanidine groups is 1. The second-order valence-electron chi connectivity index (χ2n) is 8.52. The summed E-state index contributed by atoms with van der Waals surface area (Å²) < 4.78 is 11.9. The molecule has 0 aromatic carbocycles. The zero-order valence-electron chi connectivity index (χ0n) is 17.5. The maximum atomic E-state index is 6.14. The quantitative estimate of drug-likeness (QED) is 0.566. The van der Waals surface area contributed by atoms with Gasteiger partial charge in [-0.2, -0.15) is 0 Å². The standard InChI is InChI=1S/C21H40N4O2/c1-22-21(23-11-6-18-7-12-24(2)13-8-18)25-14-9-19(10-15-25)27-17-20-5-3-4-16-26-20/h18-20H,3-17H2,1-2H3,(H,22,23). The highest BCUT2D eigenvalue weighted by molar-refractivity contribution is 5.79. The lowest BCUT2D eigenvalue weighted by Crippen LogP contribution is -2.47. The van der Waals surface area contributed by atoms with E-state index in [0.717, 1.165) is 64.0 Å². The van der Waals surface area contributed by atoms with Crippen LogP contribution in [0.25, 0.3) is 0 Å². The third kappa shape index (κ3) is 6.91. The Morgan fingerprint density at radius 3 is 2.52 bits per heavy atom. The van der Waals surface area contributed by atoms with Crippen LogP contribution in [0.15, 0.2) is 4.99 Å². The van der Waals surface area contributed by atoms with Crippen molar-refractivity contribution in [1.82, 2.24) is 15.1 Å². The summed E-state index contributed by atoms with van der Waals surface area (Å²) in [7, 11) is 4.13. The SMILES string of the molecule is CN=C(NCCC1CCN(C)CC1)N1CCC(OCC2CCCCO2)CC1. The van der Waals surface area contributed by atoms with E-state index in [1.54, 1.807) is 0 Å². The van der Waals surface area contributed by atoms with Gasteiger partial charge in [0, 0.05) is 33.3 Å². The Bertz CT molecular complexity index is 437. The summed E-state index contributed by atoms with van der Waals surface area (Å²) >= 11 is 0. The maximum Gasteiger partial charge on any atom is 0.193 e. The Labute approximate surface area is 165 Å². The van der Waals surface area contributed by atoms with Gasteiger partial charge in [0.25, 0.3) is 0 Å². The zero-order chi connectivity index (χ0) is 18.9. The van der Waals surface area contributed by atoms with Crippen LogP contribution in [0, 0.1) is 5.92 Å². The molecule has 6 heteroatoms. The van der Waals surface area contributed by atoms with E-state index in [2.05, 4.69) is 27.2 Å². The van der Waals surface area contributed by atoms with Crippen LogP contribution in [0.2, 0.25) is 0 Å². The van der Waals surface area contributed by atoms with Gasteiger partial charge in [-0.05, 0) is 77.4 Å². The van der Waals surface area contributed by atoms with E-state index >= 15 is 0 Å². The van der Waals surface area contributed by atoms with Crippen molar-refractivity contribution in [2.45, 2.75) is 63.6 Å². The molecule has 3 saturated heterocycles. The third-order valence-corrected chi connectivity index (χ3v) is 6.42. The smallest absolute Gasteiger partial charge is 0.193 e. The molecule has 156 valence electrons. The molecular weight excluding hydrogens is 340 g/mol. The van der Waals surface area contributed by atoms with Gasteiger partial charge in [-0.15, -0.1) is 0 Å². The molecule has 0 aromatic heterocycles. The van der Waals surface area contributed by atoms with Gasteiger partial charge in [0.2, 0.25) is 0 Å². The van der Waals surface area contributed by atoms with Crippen LogP contribution in [0.5, 0.6) is 0 Å². The van der Waals surface area contributed by atoms with Crippen LogP contribution in [0.4, 0.5) is 0 Å². The predicted molar refractivity (Wildman–Crippen MR) is 110 cm³/mol. The van der Waals surface area contributed by atoms with Crippen molar-refractivity contribution in [3.8, 4) is 0 Å². The summed E-state index contributed by atoms with van der Waals surface area (Å²) in [6, 6.07) is 0. The van der Waals surface area contributed by atoms with Crippen molar-refractivity contribution in [3.63, 3.8) is 0 Å². The van der Waals surface area contributed by atoms with Gasteiger partial charge in [-0.3, -0.25) is 4.99 Å². The number of hydrogen-bond donors (Lipinski definition) is 1. The van der Waals surface area contributed by atoms with Crippen molar-refractivity contribution in [1.29, 1.82) is 0 Å². The highest BCUT2D eigenvalue weighted by Crippen LogP contribution is 2.20. The summed E-state index contributed by atoms with van der Waals surface area (Å²) in [6.07, 6.45) is 10.5. The van der Waals surface area contributed by atoms with Crippen LogP contribution < -0.4 is 5.32 Å². The van der Waals surface area contributed by atoms with Gasteiger partial charge in [0.1, 0.15) is 0 Å². The molecule has 3 aliphatic rings. The van der Waals surface area contributed by atoms with Gasteiger partial charge < -0.3 is 24.6 Å². The summed E-state index contributed by atoms with van der Waals surface area (Å²) in [4.78, 5) is 9.35. The van der Waals surface area contributed by atoms with E-state index in [9.17, 15) is 0 Å². The summed E-state index contributed by atoms with van der Waals surface area (Å²) in [5.74, 6) is 1.94. The minimum absolute atomic E-state index is 0.325. The van der Waals surface area contributed by atoms with Crippen LogP contribution in [0.3, 0.4) is 0 Å². The number of likely N-dealkylation sites (tertiary alicyclic amines) is 2. The molecule has 3 heterocycles. The highest BCUT2D eigenvalue weighted by atomic mass is 16.5. The van der Waals surface area contributed by atoms with E-state index < -0.39 is 0 Å². The average molecular weight is 381 g/mol. The molecule has 0 spiro atoms. The molecule has 1 atom stereocenters. The van der Waals surface area contributed by atoms with Gasteiger partial charge >= 0.3 is 0 Å². The number of aliphatic imine (C=N–C) groups is 1. The number of nitrogens with zero attached hydrogens (tertiary/aromatic N) is 3. The molecule has 0 aromatic rings. The molecule has 0 radical (unpaired) electrons. The average Bonchev–Trinajstić information content (AvgIpc) is 2.72. The maximum absolute atomic E-state index is 6.14. The number of piperidine rings is 2. The number of ether oxygens (including phenoxy) is 2. The lowest BCUT2D eigenvalue weighted by Gasteiger charge is -2.35. The highest BCUT2D eigenvalue weighted by Gasteiger charge is 2.24. The van der Waals surface area contributed by atoms with E-state index in [0.29, 0.717) is 12.2 Å². The van der Waals surface area contributed by atoms with E-state index in [4.69, 9.17) is 9.47 Å². The van der Waals surface area contributed by atoms with Crippen molar-refractivity contribution in [3.05, 3.63) is 0 Å². The van der Waals surface area contributed by atoms with Crippen LogP contribution in [-0.4, -0.2) is 88.0 Å². The van der Waals surface area contributed by atoms with E-state index in [-0.39, 0.29) is 0 Å². The second-order valence-corrected chi connectivity index (χ2v) is 8.52. The van der Waals surface area contributed by atoms with Crippen molar-refractivity contribution in [2.24, 2.45) is 10.9 Å². The minimum Gasteiger partial charge on any atom is -0.376 e. The fourth-order valence-electron chi connectivity index (χ4n) is 4.49. The van der Waals surface area contributed by atoms with Gasteiger partial charge in [-0.1, -0.05) is 0 Å². The molecule has 0 amide bonds. The summed E-state index contributed by atoms with van der Waals surface area (Å²) in [5.41, 5.74) is 0. The molecule has 1 N–H and O–H groups in total. The molecule has 3 fully saturated rings. The third-order valence-electron chi connectivity index (χ3n) is 6.42. The molecule has 0 saturated carbocycles. The summed E-state index contributed by atoms with van der Waals surface area (Å²) in [6.45, 7) is 7.28. The number of hydrogen-bond acceptors (Lipinski definition) is 4. The first-order chi connectivity index (χ1) is 13.2. The predicted octanol–water partition coefficient (Wildman–Crippen LogP) is 2.34. The Hall–Kier alpha value is -0.850. The Morgan fingerprint density at radius 1 is 1.07 bits per heavy atom. The molecule has 0 bridgehead atoms. The second kappa shape index (κ2) is 11.2. The van der Waals surface area contributed by atoms with Crippen molar-refractivity contribution < 1.29 is 9.47 Å². The number of rotatable bonds is 6. The first-order valence-electron chi connectivity index (χ1n) is 11.1. The zero-order valence-corrected chi connectivity index (χ0v) is 17.5. The van der Waals surface area contributed by atoms with Crippen molar-refractivity contribution >= 4 is 5.96 Å². The normalized spacial score (nSPS) is 27.1.